The molecule has 10 nitrogen and oxygen atoms in total. The Balaban J connectivity index is 2.29. The average molecular weight is 364 g/mol. The van der Waals surface area contributed by atoms with Crippen LogP contribution in [0.1, 0.15) is 40.0 Å². The van der Waals surface area contributed by atoms with Gasteiger partial charge in [0.05, 0.1) is 27.7 Å². The SMILES string of the molecule is CC(C)OC(=O)C1(C)CCC/C1=N/Nc1ccc([N+](=O)[O-])cc1[N+](=O)[O-]. The summed E-state index contributed by atoms with van der Waals surface area (Å²) in [6, 6.07) is 3.23. The Morgan fingerprint density at radius 3 is 2.58 bits per heavy atom. The van der Waals surface area contributed by atoms with Gasteiger partial charge < -0.3 is 4.74 Å². The molecule has 1 aliphatic carbocycles. The lowest BCUT2D eigenvalue weighted by atomic mass is 9.87. The summed E-state index contributed by atoms with van der Waals surface area (Å²) in [6.07, 6.45) is 1.61. The molecule has 1 aliphatic rings. The minimum Gasteiger partial charge on any atom is -0.462 e. The highest BCUT2D eigenvalue weighted by atomic mass is 16.6. The maximum Gasteiger partial charge on any atom is 0.317 e. The molecule has 1 saturated carbocycles. The van der Waals surface area contributed by atoms with Crippen LogP contribution in [0.5, 0.6) is 0 Å². The van der Waals surface area contributed by atoms with Gasteiger partial charge in [0, 0.05) is 6.07 Å². The number of nitro benzene ring substituents is 2. The summed E-state index contributed by atoms with van der Waals surface area (Å²) < 4.78 is 5.29. The van der Waals surface area contributed by atoms with Gasteiger partial charge in [0.15, 0.2) is 0 Å². The number of ether oxygens (including phenoxy) is 1. The number of nitrogens with one attached hydrogen (secondary N) is 1. The molecule has 0 radical (unpaired) electrons. The normalized spacial score (nSPS) is 21.0. The predicted octanol–water partition coefficient (Wildman–Crippen LogP) is 3.41. The number of hydrogen-bond donors (Lipinski definition) is 1. The Morgan fingerprint density at radius 1 is 1.31 bits per heavy atom. The van der Waals surface area contributed by atoms with Gasteiger partial charge in [0.25, 0.3) is 5.69 Å². The first-order valence-corrected chi connectivity index (χ1v) is 8.12. The molecule has 0 spiro atoms. The molecule has 0 amide bonds. The Hall–Kier alpha value is -3.04. The van der Waals surface area contributed by atoms with Crippen LogP contribution >= 0.6 is 0 Å². The van der Waals surface area contributed by atoms with Crippen LogP contribution in [0, 0.1) is 25.6 Å². The number of non-ortho nitro benzene ring substituents is 1. The second kappa shape index (κ2) is 7.46. The average Bonchev–Trinajstić information content (AvgIpc) is 2.94. The zero-order chi connectivity index (χ0) is 19.5. The molecule has 0 aromatic heterocycles. The highest BCUT2D eigenvalue weighted by Gasteiger charge is 2.44. The molecule has 0 heterocycles. The molecule has 1 unspecified atom stereocenters. The highest BCUT2D eigenvalue weighted by molar-refractivity contribution is 6.08. The van der Waals surface area contributed by atoms with Crippen LogP contribution < -0.4 is 5.43 Å². The largest absolute Gasteiger partial charge is 0.462 e. The summed E-state index contributed by atoms with van der Waals surface area (Å²) in [5.41, 5.74) is 1.38. The van der Waals surface area contributed by atoms with E-state index in [4.69, 9.17) is 4.74 Å². The van der Waals surface area contributed by atoms with E-state index in [2.05, 4.69) is 10.5 Å². The second-order valence-electron chi connectivity index (χ2n) is 6.53. The minimum atomic E-state index is -0.896. The standard InChI is InChI=1S/C16H20N4O6/c1-10(2)26-15(21)16(3)8-4-5-14(16)18-17-12-7-6-11(19(22)23)9-13(12)20(24)25/h6-7,9-10,17H,4-5,8H2,1-3H3/b18-14-. The molecule has 1 aromatic carbocycles. The van der Waals surface area contributed by atoms with Crippen molar-refractivity contribution in [2.24, 2.45) is 10.5 Å². The number of hydrogen-bond acceptors (Lipinski definition) is 8. The van der Waals surface area contributed by atoms with Gasteiger partial charge in [-0.3, -0.25) is 30.4 Å². The third-order valence-corrected chi connectivity index (χ3v) is 4.22. The van der Waals surface area contributed by atoms with Gasteiger partial charge in [0.2, 0.25) is 0 Å². The van der Waals surface area contributed by atoms with E-state index in [0.717, 1.165) is 18.6 Å². The number of anilines is 1. The van der Waals surface area contributed by atoms with Gasteiger partial charge in [-0.1, -0.05) is 0 Å². The summed E-state index contributed by atoms with van der Waals surface area (Å²) in [5.74, 6) is -0.385. The Labute approximate surface area is 149 Å². The fraction of sp³-hybridized carbons (Fsp3) is 0.500. The van der Waals surface area contributed by atoms with Crippen LogP contribution in [0.2, 0.25) is 0 Å². The van der Waals surface area contributed by atoms with Gasteiger partial charge in [-0.25, -0.2) is 0 Å². The number of nitrogens with zero attached hydrogens (tertiary/aromatic N) is 3. The van der Waals surface area contributed by atoms with Crippen LogP contribution in [-0.4, -0.2) is 27.6 Å². The quantitative estimate of drug-likeness (QED) is 0.464. The Morgan fingerprint density at radius 2 is 2.00 bits per heavy atom. The van der Waals surface area contributed by atoms with Crippen molar-refractivity contribution in [1.29, 1.82) is 0 Å². The van der Waals surface area contributed by atoms with Crippen LogP contribution in [0.15, 0.2) is 23.3 Å². The highest BCUT2D eigenvalue weighted by Crippen LogP contribution is 2.37. The summed E-state index contributed by atoms with van der Waals surface area (Å²) >= 11 is 0. The molecule has 0 bridgehead atoms. The first-order chi connectivity index (χ1) is 12.1. The zero-order valence-electron chi connectivity index (χ0n) is 14.7. The van der Waals surface area contributed by atoms with E-state index in [1.54, 1.807) is 20.8 Å². The monoisotopic (exact) mass is 364 g/mol. The van der Waals surface area contributed by atoms with Crippen LogP contribution in [0.25, 0.3) is 0 Å². The van der Waals surface area contributed by atoms with E-state index in [0.29, 0.717) is 18.6 Å². The van der Waals surface area contributed by atoms with Crippen molar-refractivity contribution in [2.75, 3.05) is 5.43 Å². The van der Waals surface area contributed by atoms with Crippen molar-refractivity contribution < 1.29 is 19.4 Å². The second-order valence-corrected chi connectivity index (χ2v) is 6.53. The first-order valence-electron chi connectivity index (χ1n) is 8.12. The number of carbonyl (C=O) groups excluding carboxylic acids is 1. The molecule has 140 valence electrons. The maximum absolute atomic E-state index is 12.4. The van der Waals surface area contributed by atoms with E-state index in [1.165, 1.54) is 6.07 Å². The Bertz CT molecular complexity index is 776. The van der Waals surface area contributed by atoms with Crippen molar-refractivity contribution in [3.8, 4) is 0 Å². The number of hydrazone groups is 1. The lowest BCUT2D eigenvalue weighted by Gasteiger charge is -2.24. The van der Waals surface area contributed by atoms with E-state index < -0.39 is 20.9 Å². The van der Waals surface area contributed by atoms with E-state index >= 15 is 0 Å². The fourth-order valence-corrected chi connectivity index (χ4v) is 2.78. The molecule has 1 fully saturated rings. The molecule has 2 rings (SSSR count). The van der Waals surface area contributed by atoms with Crippen LogP contribution in [0.3, 0.4) is 0 Å². The zero-order valence-corrected chi connectivity index (χ0v) is 14.7. The molecule has 10 heteroatoms. The lowest BCUT2D eigenvalue weighted by molar-refractivity contribution is -0.393. The summed E-state index contributed by atoms with van der Waals surface area (Å²) in [5, 5.41) is 26.1. The van der Waals surface area contributed by atoms with Gasteiger partial charge in [-0.2, -0.15) is 5.10 Å². The predicted molar refractivity (Wildman–Crippen MR) is 94.0 cm³/mol. The smallest absolute Gasteiger partial charge is 0.317 e. The fourth-order valence-electron chi connectivity index (χ4n) is 2.78. The molecule has 0 aliphatic heterocycles. The number of benzene rings is 1. The van der Waals surface area contributed by atoms with Crippen LogP contribution in [-0.2, 0) is 9.53 Å². The minimum absolute atomic E-state index is 0.0135. The topological polar surface area (TPSA) is 137 Å². The van der Waals surface area contributed by atoms with Crippen molar-refractivity contribution in [3.05, 3.63) is 38.4 Å². The Kier molecular flexibility index (Phi) is 5.53. The molecule has 26 heavy (non-hydrogen) atoms. The van der Waals surface area contributed by atoms with E-state index in [1.807, 2.05) is 0 Å². The number of esters is 1. The summed E-state index contributed by atoms with van der Waals surface area (Å²) in [7, 11) is 0. The van der Waals surface area contributed by atoms with Gasteiger partial charge in [-0.15, -0.1) is 0 Å². The number of nitro groups is 2. The third kappa shape index (κ3) is 3.95. The molecular weight excluding hydrogens is 344 g/mol. The molecule has 0 saturated heterocycles. The van der Waals surface area contributed by atoms with Crippen molar-refractivity contribution >= 4 is 28.7 Å². The molecule has 1 atom stereocenters. The first kappa shape index (κ1) is 19.3. The maximum atomic E-state index is 12.4. The summed E-state index contributed by atoms with van der Waals surface area (Å²) in [4.78, 5) is 32.9. The van der Waals surface area contributed by atoms with E-state index in [9.17, 15) is 25.0 Å². The van der Waals surface area contributed by atoms with Gasteiger partial charge in [-0.05, 0) is 46.1 Å². The van der Waals surface area contributed by atoms with Gasteiger partial charge in [0.1, 0.15) is 11.1 Å². The summed E-state index contributed by atoms with van der Waals surface area (Å²) in [6.45, 7) is 5.24. The van der Waals surface area contributed by atoms with Crippen molar-refractivity contribution in [2.45, 2.75) is 46.1 Å². The lowest BCUT2D eigenvalue weighted by Crippen LogP contribution is -2.35. The van der Waals surface area contributed by atoms with E-state index in [-0.39, 0.29) is 23.4 Å². The van der Waals surface area contributed by atoms with Crippen molar-refractivity contribution in [1.82, 2.24) is 0 Å². The molecule has 1 N–H and O–H groups in total. The molecule has 1 aromatic rings. The van der Waals surface area contributed by atoms with Crippen molar-refractivity contribution in [3.63, 3.8) is 0 Å². The third-order valence-electron chi connectivity index (χ3n) is 4.22. The molecular formula is C16H20N4O6. The van der Waals surface area contributed by atoms with Crippen LogP contribution in [0.4, 0.5) is 17.1 Å². The number of rotatable bonds is 6. The number of carbonyl (C=O) groups is 1. The van der Waals surface area contributed by atoms with Gasteiger partial charge >= 0.3 is 11.7 Å².